The predicted octanol–water partition coefficient (Wildman–Crippen LogP) is 2.16. The summed E-state index contributed by atoms with van der Waals surface area (Å²) in [7, 11) is 0. The Morgan fingerprint density at radius 1 is 1.20 bits per heavy atom. The largest absolute Gasteiger partial charge is 0.461 e. The zero-order chi connectivity index (χ0) is 13.8. The SMILES string of the molecule is Cc1oc2ccccc2c1CNCCN1CCOCC1. The number of para-hydroxylation sites is 1. The van der Waals surface area contributed by atoms with Crippen LogP contribution >= 0.6 is 0 Å². The first-order valence-corrected chi connectivity index (χ1v) is 7.32. The van der Waals surface area contributed by atoms with Crippen molar-refractivity contribution in [3.05, 3.63) is 35.6 Å². The molecule has 1 fully saturated rings. The monoisotopic (exact) mass is 274 g/mol. The van der Waals surface area contributed by atoms with E-state index in [1.165, 1.54) is 10.9 Å². The second-order valence-corrected chi connectivity index (χ2v) is 5.26. The van der Waals surface area contributed by atoms with Gasteiger partial charge in [0.05, 0.1) is 13.2 Å². The molecule has 0 amide bonds. The quantitative estimate of drug-likeness (QED) is 0.848. The molecule has 1 aliphatic rings. The maximum atomic E-state index is 5.78. The molecule has 4 nitrogen and oxygen atoms in total. The van der Waals surface area contributed by atoms with Crippen LogP contribution in [-0.4, -0.2) is 44.3 Å². The maximum Gasteiger partial charge on any atom is 0.134 e. The lowest BCUT2D eigenvalue weighted by molar-refractivity contribution is 0.0384. The zero-order valence-corrected chi connectivity index (χ0v) is 12.0. The van der Waals surface area contributed by atoms with E-state index in [4.69, 9.17) is 9.15 Å². The van der Waals surface area contributed by atoms with Crippen LogP contribution in [0, 0.1) is 6.92 Å². The average Bonchev–Trinajstić information content (AvgIpc) is 2.80. The number of fused-ring (bicyclic) bond motifs is 1. The molecule has 2 heterocycles. The van der Waals surface area contributed by atoms with Crippen molar-refractivity contribution in [2.24, 2.45) is 0 Å². The van der Waals surface area contributed by atoms with E-state index in [1.807, 2.05) is 19.1 Å². The minimum absolute atomic E-state index is 0.867. The molecule has 0 unspecified atom stereocenters. The first-order valence-electron chi connectivity index (χ1n) is 7.32. The average molecular weight is 274 g/mol. The topological polar surface area (TPSA) is 37.6 Å². The summed E-state index contributed by atoms with van der Waals surface area (Å²) >= 11 is 0. The molecule has 0 saturated carbocycles. The molecule has 0 radical (unpaired) electrons. The third-order valence-electron chi connectivity index (χ3n) is 3.91. The third-order valence-corrected chi connectivity index (χ3v) is 3.91. The molecule has 3 rings (SSSR count). The van der Waals surface area contributed by atoms with Gasteiger partial charge >= 0.3 is 0 Å². The number of nitrogens with one attached hydrogen (secondary N) is 1. The summed E-state index contributed by atoms with van der Waals surface area (Å²) in [6.07, 6.45) is 0. The minimum Gasteiger partial charge on any atom is -0.461 e. The van der Waals surface area contributed by atoms with Crippen LogP contribution in [0.5, 0.6) is 0 Å². The van der Waals surface area contributed by atoms with Crippen molar-refractivity contribution in [2.75, 3.05) is 39.4 Å². The third kappa shape index (κ3) is 3.03. The molecule has 1 aromatic carbocycles. The highest BCUT2D eigenvalue weighted by Gasteiger charge is 2.11. The van der Waals surface area contributed by atoms with E-state index in [-0.39, 0.29) is 0 Å². The molecular weight excluding hydrogens is 252 g/mol. The van der Waals surface area contributed by atoms with Crippen LogP contribution in [0.3, 0.4) is 0 Å². The van der Waals surface area contributed by atoms with Crippen LogP contribution in [0.25, 0.3) is 11.0 Å². The summed E-state index contributed by atoms with van der Waals surface area (Å²) in [6, 6.07) is 8.24. The number of rotatable bonds is 5. The van der Waals surface area contributed by atoms with Crippen LogP contribution in [0.2, 0.25) is 0 Å². The molecule has 2 aromatic rings. The van der Waals surface area contributed by atoms with E-state index in [2.05, 4.69) is 22.3 Å². The molecule has 108 valence electrons. The second-order valence-electron chi connectivity index (χ2n) is 5.26. The fourth-order valence-electron chi connectivity index (χ4n) is 2.72. The molecule has 20 heavy (non-hydrogen) atoms. The zero-order valence-electron chi connectivity index (χ0n) is 12.0. The Bertz CT molecular complexity index is 559. The van der Waals surface area contributed by atoms with E-state index in [9.17, 15) is 0 Å². The summed E-state index contributed by atoms with van der Waals surface area (Å²) in [5, 5.41) is 4.75. The molecule has 1 aliphatic heterocycles. The Hall–Kier alpha value is -1.36. The van der Waals surface area contributed by atoms with Crippen LogP contribution in [0.15, 0.2) is 28.7 Å². The Morgan fingerprint density at radius 2 is 2.00 bits per heavy atom. The Balaban J connectivity index is 1.53. The number of ether oxygens (including phenoxy) is 1. The lowest BCUT2D eigenvalue weighted by Gasteiger charge is -2.26. The standard InChI is InChI=1S/C16H22N2O2/c1-13-15(14-4-2-3-5-16(14)20-13)12-17-6-7-18-8-10-19-11-9-18/h2-5,17H,6-12H2,1H3. The van der Waals surface area contributed by atoms with Gasteiger partial charge in [-0.2, -0.15) is 0 Å². The molecular formula is C16H22N2O2. The number of aryl methyl sites for hydroxylation is 1. The van der Waals surface area contributed by atoms with E-state index in [0.717, 1.165) is 57.3 Å². The van der Waals surface area contributed by atoms with Gasteiger partial charge in [0.15, 0.2) is 0 Å². The number of furan rings is 1. The van der Waals surface area contributed by atoms with Gasteiger partial charge in [-0.1, -0.05) is 18.2 Å². The minimum atomic E-state index is 0.867. The van der Waals surface area contributed by atoms with Crippen molar-refractivity contribution in [1.29, 1.82) is 0 Å². The first kappa shape index (κ1) is 13.6. The fraction of sp³-hybridized carbons (Fsp3) is 0.500. The molecule has 1 N–H and O–H groups in total. The van der Waals surface area contributed by atoms with Gasteiger partial charge in [0.2, 0.25) is 0 Å². The van der Waals surface area contributed by atoms with E-state index in [0.29, 0.717) is 0 Å². The molecule has 1 aromatic heterocycles. The van der Waals surface area contributed by atoms with Crippen LogP contribution < -0.4 is 5.32 Å². The van der Waals surface area contributed by atoms with Gasteiger partial charge in [-0.3, -0.25) is 4.90 Å². The van der Waals surface area contributed by atoms with Crippen molar-refractivity contribution in [2.45, 2.75) is 13.5 Å². The molecule has 4 heteroatoms. The van der Waals surface area contributed by atoms with Crippen molar-refractivity contribution in [3.63, 3.8) is 0 Å². The van der Waals surface area contributed by atoms with Crippen molar-refractivity contribution in [1.82, 2.24) is 10.2 Å². The highest BCUT2D eigenvalue weighted by molar-refractivity contribution is 5.82. The van der Waals surface area contributed by atoms with Crippen molar-refractivity contribution < 1.29 is 9.15 Å². The summed E-state index contributed by atoms with van der Waals surface area (Å²) in [5.41, 5.74) is 2.26. The Labute approximate surface area is 119 Å². The van der Waals surface area contributed by atoms with Crippen molar-refractivity contribution >= 4 is 11.0 Å². The van der Waals surface area contributed by atoms with Crippen LogP contribution in [0.1, 0.15) is 11.3 Å². The number of hydrogen-bond donors (Lipinski definition) is 1. The van der Waals surface area contributed by atoms with Crippen LogP contribution in [-0.2, 0) is 11.3 Å². The first-order chi connectivity index (χ1) is 9.84. The van der Waals surface area contributed by atoms with Gasteiger partial charge in [-0.25, -0.2) is 0 Å². The van der Waals surface area contributed by atoms with Gasteiger partial charge in [0, 0.05) is 43.7 Å². The van der Waals surface area contributed by atoms with E-state index >= 15 is 0 Å². The molecule has 0 spiro atoms. The maximum absolute atomic E-state index is 5.78. The van der Waals surface area contributed by atoms with Crippen LogP contribution in [0.4, 0.5) is 0 Å². The molecule has 1 saturated heterocycles. The highest BCUT2D eigenvalue weighted by Crippen LogP contribution is 2.24. The normalized spacial score (nSPS) is 16.9. The number of benzene rings is 1. The van der Waals surface area contributed by atoms with Gasteiger partial charge in [0.1, 0.15) is 11.3 Å². The lowest BCUT2D eigenvalue weighted by atomic mass is 10.1. The summed E-state index contributed by atoms with van der Waals surface area (Å²) in [4.78, 5) is 2.44. The Kier molecular flexibility index (Phi) is 4.35. The lowest BCUT2D eigenvalue weighted by Crippen LogP contribution is -2.40. The predicted molar refractivity (Wildman–Crippen MR) is 79.9 cm³/mol. The highest BCUT2D eigenvalue weighted by atomic mass is 16.5. The van der Waals surface area contributed by atoms with Gasteiger partial charge in [-0.05, 0) is 13.0 Å². The number of nitrogens with zero attached hydrogens (tertiary/aromatic N) is 1. The molecule has 0 atom stereocenters. The van der Waals surface area contributed by atoms with Gasteiger partial charge < -0.3 is 14.5 Å². The van der Waals surface area contributed by atoms with Gasteiger partial charge in [-0.15, -0.1) is 0 Å². The second kappa shape index (κ2) is 6.39. The van der Waals surface area contributed by atoms with E-state index in [1.54, 1.807) is 0 Å². The number of morpholine rings is 1. The smallest absolute Gasteiger partial charge is 0.134 e. The van der Waals surface area contributed by atoms with Crippen molar-refractivity contribution in [3.8, 4) is 0 Å². The summed E-state index contributed by atoms with van der Waals surface area (Å²) in [5.74, 6) is 1.02. The fourth-order valence-corrected chi connectivity index (χ4v) is 2.72. The molecule has 0 bridgehead atoms. The van der Waals surface area contributed by atoms with Gasteiger partial charge in [0.25, 0.3) is 0 Å². The summed E-state index contributed by atoms with van der Waals surface area (Å²) in [6.45, 7) is 8.82. The summed E-state index contributed by atoms with van der Waals surface area (Å²) < 4.78 is 11.1. The van der Waals surface area contributed by atoms with E-state index < -0.39 is 0 Å². The number of hydrogen-bond acceptors (Lipinski definition) is 4. The Morgan fingerprint density at radius 3 is 2.85 bits per heavy atom. The molecule has 0 aliphatic carbocycles.